The number of rotatable bonds is 1. The third-order valence-corrected chi connectivity index (χ3v) is 5.16. The lowest BCUT2D eigenvalue weighted by molar-refractivity contribution is -0.0488. The molecular weight excluding hydrogens is 180 g/mol. The van der Waals surface area contributed by atoms with Gasteiger partial charge in [0, 0.05) is 29.1 Å². The fourth-order valence-electron chi connectivity index (χ4n) is 3.45. The van der Waals surface area contributed by atoms with Crippen LogP contribution in [0.4, 0.5) is 0 Å². The molecule has 0 bridgehead atoms. The third kappa shape index (κ3) is 0.936. The van der Waals surface area contributed by atoms with E-state index < -0.39 is 0 Å². The highest BCUT2D eigenvalue weighted by Gasteiger charge is 2.58. The van der Waals surface area contributed by atoms with E-state index in [9.17, 15) is 0 Å². The van der Waals surface area contributed by atoms with Crippen molar-refractivity contribution < 1.29 is 0 Å². The Bertz CT molecular complexity index is 273. The normalized spacial score (nSPS) is 47.9. The highest BCUT2D eigenvalue weighted by atomic mass is 32.2. The zero-order valence-corrected chi connectivity index (χ0v) is 8.52. The molecule has 0 amide bonds. The van der Waals surface area contributed by atoms with Gasteiger partial charge in [-0.25, -0.2) is 0 Å². The zero-order valence-electron chi connectivity index (χ0n) is 7.70. The molecule has 3 saturated heterocycles. The molecule has 2 nitrogen and oxygen atoms in total. The lowest BCUT2D eigenvalue weighted by atomic mass is 9.77. The standard InChI is InChI=1S/C10H14N2S/c11-4-3-10-2-1-8-6-13-7-9(5-10)12(8)10/h8-9H,1-3,5-7H2. The van der Waals surface area contributed by atoms with Gasteiger partial charge < -0.3 is 0 Å². The van der Waals surface area contributed by atoms with E-state index in [0.717, 1.165) is 18.5 Å². The number of hydrogen-bond donors (Lipinski definition) is 0. The molecule has 3 unspecified atom stereocenters. The van der Waals surface area contributed by atoms with E-state index in [2.05, 4.69) is 22.7 Å². The average molecular weight is 194 g/mol. The molecule has 0 N–H and O–H groups in total. The van der Waals surface area contributed by atoms with E-state index in [-0.39, 0.29) is 0 Å². The predicted octanol–water partition coefficient (Wildman–Crippen LogP) is 1.62. The van der Waals surface area contributed by atoms with Gasteiger partial charge in [0.1, 0.15) is 0 Å². The lowest BCUT2D eigenvalue weighted by Gasteiger charge is -2.58. The summed E-state index contributed by atoms with van der Waals surface area (Å²) in [6.07, 6.45) is 4.68. The second kappa shape index (κ2) is 2.65. The molecule has 3 heteroatoms. The fraction of sp³-hybridized carbons (Fsp3) is 0.900. The molecule has 3 heterocycles. The second-order valence-corrected chi connectivity index (χ2v) is 5.63. The van der Waals surface area contributed by atoms with Crippen molar-refractivity contribution in [3.63, 3.8) is 0 Å². The molecule has 0 spiro atoms. The summed E-state index contributed by atoms with van der Waals surface area (Å²) < 4.78 is 0. The van der Waals surface area contributed by atoms with Gasteiger partial charge in [-0.1, -0.05) is 0 Å². The van der Waals surface area contributed by atoms with Gasteiger partial charge in [-0.05, 0) is 19.3 Å². The maximum atomic E-state index is 8.82. The Morgan fingerprint density at radius 2 is 2.31 bits per heavy atom. The summed E-state index contributed by atoms with van der Waals surface area (Å²) in [5.74, 6) is 2.62. The topological polar surface area (TPSA) is 27.0 Å². The van der Waals surface area contributed by atoms with Gasteiger partial charge in [0.25, 0.3) is 0 Å². The molecule has 13 heavy (non-hydrogen) atoms. The monoisotopic (exact) mass is 194 g/mol. The summed E-state index contributed by atoms with van der Waals surface area (Å²) in [7, 11) is 0. The summed E-state index contributed by atoms with van der Waals surface area (Å²) in [5, 5.41) is 8.82. The van der Waals surface area contributed by atoms with E-state index in [1.54, 1.807) is 0 Å². The first-order valence-corrected chi connectivity index (χ1v) is 6.24. The first-order chi connectivity index (χ1) is 6.36. The van der Waals surface area contributed by atoms with Crippen LogP contribution in [-0.4, -0.2) is 34.0 Å². The molecular formula is C10H14N2S. The largest absolute Gasteiger partial charge is 0.289 e. The molecule has 0 aromatic rings. The summed E-state index contributed by atoms with van der Waals surface area (Å²) >= 11 is 2.11. The quantitative estimate of drug-likeness (QED) is 0.634. The highest BCUT2D eigenvalue weighted by Crippen LogP contribution is 2.53. The van der Waals surface area contributed by atoms with E-state index in [4.69, 9.17) is 5.26 Å². The number of nitriles is 1. The predicted molar refractivity (Wildman–Crippen MR) is 53.6 cm³/mol. The summed E-state index contributed by atoms with van der Waals surface area (Å²) in [4.78, 5) is 2.67. The lowest BCUT2D eigenvalue weighted by Crippen LogP contribution is -2.67. The van der Waals surface area contributed by atoms with Crippen molar-refractivity contribution in [3.8, 4) is 6.07 Å². The number of thioether (sulfide) groups is 1. The van der Waals surface area contributed by atoms with E-state index in [0.29, 0.717) is 5.54 Å². The van der Waals surface area contributed by atoms with Crippen molar-refractivity contribution in [1.29, 1.82) is 5.26 Å². The van der Waals surface area contributed by atoms with Gasteiger partial charge in [-0.15, -0.1) is 0 Å². The first-order valence-electron chi connectivity index (χ1n) is 5.09. The molecule has 3 atom stereocenters. The molecule has 3 rings (SSSR count). The van der Waals surface area contributed by atoms with Crippen LogP contribution in [0.5, 0.6) is 0 Å². The van der Waals surface area contributed by atoms with Crippen molar-refractivity contribution in [3.05, 3.63) is 0 Å². The van der Waals surface area contributed by atoms with Crippen LogP contribution in [0.15, 0.2) is 0 Å². The van der Waals surface area contributed by atoms with Crippen LogP contribution in [0, 0.1) is 11.3 Å². The Balaban J connectivity index is 1.85. The van der Waals surface area contributed by atoms with Crippen LogP contribution in [0.2, 0.25) is 0 Å². The van der Waals surface area contributed by atoms with Crippen LogP contribution in [-0.2, 0) is 0 Å². The molecule has 70 valence electrons. The van der Waals surface area contributed by atoms with Crippen molar-refractivity contribution in [2.75, 3.05) is 11.5 Å². The number of hydrogen-bond acceptors (Lipinski definition) is 3. The van der Waals surface area contributed by atoms with E-state index in [1.165, 1.54) is 30.8 Å². The fourth-order valence-corrected chi connectivity index (χ4v) is 4.74. The summed E-state index contributed by atoms with van der Waals surface area (Å²) in [5.41, 5.74) is 0.338. The minimum absolute atomic E-state index is 0.338. The van der Waals surface area contributed by atoms with Gasteiger partial charge in [-0.3, -0.25) is 4.90 Å². The van der Waals surface area contributed by atoms with Gasteiger partial charge in [-0.2, -0.15) is 17.0 Å². The maximum absolute atomic E-state index is 8.82. The van der Waals surface area contributed by atoms with Gasteiger partial charge in [0.15, 0.2) is 0 Å². The summed E-state index contributed by atoms with van der Waals surface area (Å²) in [6, 6.07) is 4.00. The molecule has 0 aromatic carbocycles. The Morgan fingerprint density at radius 3 is 3.15 bits per heavy atom. The SMILES string of the molecule is N#CCC12CCC3CSCC(C1)N32. The highest BCUT2D eigenvalue weighted by molar-refractivity contribution is 7.99. The van der Waals surface area contributed by atoms with Crippen LogP contribution in [0.1, 0.15) is 25.7 Å². The van der Waals surface area contributed by atoms with Crippen LogP contribution in [0.25, 0.3) is 0 Å². The Hall–Kier alpha value is -0.200. The summed E-state index contributed by atoms with van der Waals surface area (Å²) in [6.45, 7) is 0. The smallest absolute Gasteiger partial charge is 0.0641 e. The molecule has 0 saturated carbocycles. The Morgan fingerprint density at radius 1 is 1.46 bits per heavy atom. The Labute approximate surface area is 83.3 Å². The second-order valence-electron chi connectivity index (χ2n) is 4.55. The van der Waals surface area contributed by atoms with Gasteiger partial charge in [0.05, 0.1) is 12.5 Å². The molecule has 3 aliphatic rings. The van der Waals surface area contributed by atoms with Crippen molar-refractivity contribution in [2.45, 2.75) is 43.3 Å². The first kappa shape index (κ1) is 8.14. The van der Waals surface area contributed by atoms with Gasteiger partial charge >= 0.3 is 0 Å². The van der Waals surface area contributed by atoms with Gasteiger partial charge in [0.2, 0.25) is 0 Å². The molecule has 3 fully saturated rings. The minimum Gasteiger partial charge on any atom is -0.289 e. The van der Waals surface area contributed by atoms with E-state index >= 15 is 0 Å². The minimum atomic E-state index is 0.338. The average Bonchev–Trinajstić information content (AvgIpc) is 2.42. The third-order valence-electron chi connectivity index (χ3n) is 3.92. The van der Waals surface area contributed by atoms with Crippen molar-refractivity contribution >= 4 is 11.8 Å². The van der Waals surface area contributed by atoms with Crippen molar-refractivity contribution in [1.82, 2.24) is 4.90 Å². The van der Waals surface area contributed by atoms with Crippen molar-refractivity contribution in [2.24, 2.45) is 0 Å². The van der Waals surface area contributed by atoms with Crippen LogP contribution in [0.3, 0.4) is 0 Å². The molecule has 0 radical (unpaired) electrons. The van der Waals surface area contributed by atoms with Crippen LogP contribution >= 0.6 is 11.8 Å². The molecule has 0 aromatic heterocycles. The molecule has 0 aliphatic carbocycles. The number of nitrogens with zero attached hydrogens (tertiary/aromatic N) is 2. The Kier molecular flexibility index (Phi) is 1.66. The molecule has 3 aliphatic heterocycles. The van der Waals surface area contributed by atoms with E-state index in [1.807, 2.05) is 0 Å². The zero-order chi connectivity index (χ0) is 8.89. The maximum Gasteiger partial charge on any atom is 0.0641 e. The van der Waals surface area contributed by atoms with Crippen LogP contribution < -0.4 is 0 Å².